The first kappa shape index (κ1) is 16.6. The van der Waals surface area contributed by atoms with Gasteiger partial charge in [0.1, 0.15) is 17.1 Å². The summed E-state index contributed by atoms with van der Waals surface area (Å²) in [5.41, 5.74) is 6.39. The lowest BCUT2D eigenvalue weighted by atomic mass is 10.1. The lowest BCUT2D eigenvalue weighted by Gasteiger charge is -2.19. The number of halogens is 1. The van der Waals surface area contributed by atoms with Crippen molar-refractivity contribution in [2.75, 3.05) is 14.2 Å². The van der Waals surface area contributed by atoms with E-state index in [1.165, 1.54) is 14.2 Å². The summed E-state index contributed by atoms with van der Waals surface area (Å²) in [5.74, 6) is 0.809. The Hall–Kier alpha value is -1.46. The van der Waals surface area contributed by atoms with Gasteiger partial charge in [0.2, 0.25) is 0 Å². The number of ether oxygens (including phenoxy) is 2. The molecule has 1 aliphatic carbocycles. The third-order valence-electron chi connectivity index (χ3n) is 3.54. The summed E-state index contributed by atoms with van der Waals surface area (Å²) in [6.45, 7) is 0. The minimum Gasteiger partial charge on any atom is -0.496 e. The molecule has 0 bridgehead atoms. The number of benzene rings is 1. The van der Waals surface area contributed by atoms with Gasteiger partial charge in [-0.15, -0.1) is 12.4 Å². The smallest absolute Gasteiger partial charge is 0.259 e. The Bertz CT molecular complexity index is 445. The van der Waals surface area contributed by atoms with Crippen LogP contribution in [-0.2, 0) is 0 Å². The van der Waals surface area contributed by atoms with Crippen LogP contribution < -0.4 is 20.5 Å². The Kier molecular flexibility index (Phi) is 6.10. The molecule has 112 valence electrons. The summed E-state index contributed by atoms with van der Waals surface area (Å²) in [6.07, 6.45) is 2.92. The number of hydrogen-bond donors (Lipinski definition) is 2. The van der Waals surface area contributed by atoms with Crippen molar-refractivity contribution in [1.29, 1.82) is 0 Å². The molecule has 1 aliphatic rings. The quantitative estimate of drug-likeness (QED) is 0.888. The molecule has 0 spiro atoms. The largest absolute Gasteiger partial charge is 0.496 e. The Balaban J connectivity index is 0.00000200. The fourth-order valence-corrected chi connectivity index (χ4v) is 2.48. The monoisotopic (exact) mass is 300 g/mol. The van der Waals surface area contributed by atoms with Crippen molar-refractivity contribution in [2.24, 2.45) is 5.73 Å². The summed E-state index contributed by atoms with van der Waals surface area (Å²) < 4.78 is 10.5. The molecule has 0 saturated heterocycles. The maximum atomic E-state index is 12.4. The zero-order valence-electron chi connectivity index (χ0n) is 11.7. The summed E-state index contributed by atoms with van der Waals surface area (Å²) in [5, 5.41) is 2.97. The summed E-state index contributed by atoms with van der Waals surface area (Å²) in [7, 11) is 3.07. The van der Waals surface area contributed by atoms with Gasteiger partial charge in [-0.05, 0) is 31.4 Å². The third-order valence-corrected chi connectivity index (χ3v) is 3.54. The van der Waals surface area contributed by atoms with E-state index in [4.69, 9.17) is 15.2 Å². The zero-order chi connectivity index (χ0) is 13.8. The predicted octanol–water partition coefficient (Wildman–Crippen LogP) is 1.74. The van der Waals surface area contributed by atoms with Crippen molar-refractivity contribution in [3.05, 3.63) is 23.8 Å². The predicted molar refractivity (Wildman–Crippen MR) is 79.9 cm³/mol. The lowest BCUT2D eigenvalue weighted by molar-refractivity contribution is 0.0928. The number of rotatable bonds is 4. The summed E-state index contributed by atoms with van der Waals surface area (Å²) >= 11 is 0. The highest BCUT2D eigenvalue weighted by Crippen LogP contribution is 2.28. The number of methoxy groups -OCH3 is 2. The molecule has 1 aromatic rings. The molecule has 1 amide bonds. The molecule has 20 heavy (non-hydrogen) atoms. The lowest BCUT2D eigenvalue weighted by Crippen LogP contribution is -2.44. The first-order valence-corrected chi connectivity index (χ1v) is 6.44. The van der Waals surface area contributed by atoms with Gasteiger partial charge in [-0.2, -0.15) is 0 Å². The number of hydrogen-bond acceptors (Lipinski definition) is 4. The first-order chi connectivity index (χ1) is 9.17. The van der Waals surface area contributed by atoms with E-state index < -0.39 is 0 Å². The Morgan fingerprint density at radius 3 is 2.30 bits per heavy atom. The molecule has 2 rings (SSSR count). The average Bonchev–Trinajstić information content (AvgIpc) is 2.83. The average molecular weight is 301 g/mol. The summed E-state index contributed by atoms with van der Waals surface area (Å²) in [6, 6.07) is 5.33. The van der Waals surface area contributed by atoms with Crippen molar-refractivity contribution in [2.45, 2.75) is 31.3 Å². The van der Waals surface area contributed by atoms with Gasteiger partial charge in [-0.3, -0.25) is 4.79 Å². The van der Waals surface area contributed by atoms with Crippen LogP contribution in [-0.4, -0.2) is 32.2 Å². The molecule has 0 unspecified atom stereocenters. The van der Waals surface area contributed by atoms with Gasteiger partial charge in [-0.1, -0.05) is 6.07 Å². The molecule has 0 radical (unpaired) electrons. The topological polar surface area (TPSA) is 73.6 Å². The number of amides is 1. The molecule has 2 atom stereocenters. The second kappa shape index (κ2) is 7.36. The number of carbonyl (C=O) groups excluding carboxylic acids is 1. The van der Waals surface area contributed by atoms with E-state index in [1.807, 2.05) is 0 Å². The molecule has 5 nitrogen and oxygen atoms in total. The van der Waals surface area contributed by atoms with E-state index in [-0.39, 0.29) is 30.4 Å². The highest BCUT2D eigenvalue weighted by molar-refractivity contribution is 6.00. The van der Waals surface area contributed by atoms with Gasteiger partial charge in [0, 0.05) is 12.1 Å². The van der Waals surface area contributed by atoms with Crippen molar-refractivity contribution >= 4 is 18.3 Å². The van der Waals surface area contributed by atoms with E-state index in [0.29, 0.717) is 17.1 Å². The zero-order valence-corrected chi connectivity index (χ0v) is 12.5. The van der Waals surface area contributed by atoms with E-state index in [9.17, 15) is 4.79 Å². The maximum Gasteiger partial charge on any atom is 0.259 e. The van der Waals surface area contributed by atoms with Crippen LogP contribution in [0, 0.1) is 0 Å². The molecule has 1 saturated carbocycles. The van der Waals surface area contributed by atoms with Gasteiger partial charge in [-0.25, -0.2) is 0 Å². The van der Waals surface area contributed by atoms with E-state index >= 15 is 0 Å². The normalized spacial score (nSPS) is 20.9. The van der Waals surface area contributed by atoms with Crippen LogP contribution >= 0.6 is 12.4 Å². The van der Waals surface area contributed by atoms with Crippen LogP contribution in [0.5, 0.6) is 11.5 Å². The van der Waals surface area contributed by atoms with Gasteiger partial charge in [0.05, 0.1) is 14.2 Å². The van der Waals surface area contributed by atoms with Crippen molar-refractivity contribution in [3.8, 4) is 11.5 Å². The highest BCUT2D eigenvalue weighted by atomic mass is 35.5. The van der Waals surface area contributed by atoms with Crippen LogP contribution in [0.2, 0.25) is 0 Å². The van der Waals surface area contributed by atoms with Crippen LogP contribution in [0.15, 0.2) is 18.2 Å². The second-order valence-corrected chi connectivity index (χ2v) is 4.71. The van der Waals surface area contributed by atoms with Crippen molar-refractivity contribution in [3.63, 3.8) is 0 Å². The maximum absolute atomic E-state index is 12.4. The number of carbonyl (C=O) groups is 1. The molecular formula is C14H21ClN2O3. The van der Waals surface area contributed by atoms with Gasteiger partial charge >= 0.3 is 0 Å². The second-order valence-electron chi connectivity index (χ2n) is 4.71. The highest BCUT2D eigenvalue weighted by Gasteiger charge is 2.27. The van der Waals surface area contributed by atoms with E-state index in [0.717, 1.165) is 19.3 Å². The van der Waals surface area contributed by atoms with Crippen LogP contribution in [0.25, 0.3) is 0 Å². The molecule has 1 aromatic carbocycles. The third kappa shape index (κ3) is 3.35. The van der Waals surface area contributed by atoms with E-state index in [1.54, 1.807) is 18.2 Å². The van der Waals surface area contributed by atoms with Crippen molar-refractivity contribution < 1.29 is 14.3 Å². The minimum absolute atomic E-state index is 0. The van der Waals surface area contributed by atoms with Crippen LogP contribution in [0.1, 0.15) is 29.6 Å². The van der Waals surface area contributed by atoms with Gasteiger partial charge < -0.3 is 20.5 Å². The molecule has 1 fully saturated rings. The van der Waals surface area contributed by atoms with Gasteiger partial charge in [0.25, 0.3) is 5.91 Å². The number of nitrogens with two attached hydrogens (primary N) is 1. The Morgan fingerprint density at radius 1 is 1.25 bits per heavy atom. The minimum atomic E-state index is -0.198. The number of nitrogens with one attached hydrogen (secondary N) is 1. The SMILES string of the molecule is COc1cccc(OC)c1C(=O)N[C@@H]1CCC[C@@H]1N.Cl. The standard InChI is InChI=1S/C14H20N2O3.ClH/c1-18-11-7-4-8-12(19-2)13(11)14(17)16-10-6-3-5-9(10)15;/h4,7-10H,3,5-6,15H2,1-2H3,(H,16,17);1H/t9-,10+;/m0./s1. The molecule has 6 heteroatoms. The Morgan fingerprint density at radius 2 is 1.85 bits per heavy atom. The van der Waals surface area contributed by atoms with E-state index in [2.05, 4.69) is 5.32 Å². The molecule has 0 heterocycles. The fraction of sp³-hybridized carbons (Fsp3) is 0.500. The van der Waals surface area contributed by atoms with Crippen LogP contribution in [0.4, 0.5) is 0 Å². The van der Waals surface area contributed by atoms with Gasteiger partial charge in [0.15, 0.2) is 0 Å². The first-order valence-electron chi connectivity index (χ1n) is 6.44. The molecule has 0 aromatic heterocycles. The molecular weight excluding hydrogens is 280 g/mol. The fourth-order valence-electron chi connectivity index (χ4n) is 2.48. The molecule has 0 aliphatic heterocycles. The Labute approximate surface area is 125 Å². The molecule has 3 N–H and O–H groups in total. The summed E-state index contributed by atoms with van der Waals surface area (Å²) in [4.78, 5) is 12.4. The van der Waals surface area contributed by atoms with Crippen LogP contribution in [0.3, 0.4) is 0 Å². The van der Waals surface area contributed by atoms with Crippen molar-refractivity contribution in [1.82, 2.24) is 5.32 Å².